The summed E-state index contributed by atoms with van der Waals surface area (Å²) in [7, 11) is 0. The summed E-state index contributed by atoms with van der Waals surface area (Å²) in [4.78, 5) is 25.3. The molecule has 5 nitrogen and oxygen atoms in total. The number of rotatable bonds is 3. The van der Waals surface area contributed by atoms with Crippen molar-refractivity contribution in [2.24, 2.45) is 0 Å². The van der Waals surface area contributed by atoms with E-state index in [1.54, 1.807) is 17.5 Å². The van der Waals surface area contributed by atoms with Gasteiger partial charge in [-0.3, -0.25) is 4.79 Å². The second-order valence-electron chi connectivity index (χ2n) is 3.40. The number of carboxylic acids is 1. The van der Waals surface area contributed by atoms with E-state index in [0.29, 0.717) is 15.3 Å². The summed E-state index contributed by atoms with van der Waals surface area (Å²) in [6.45, 7) is 0. The monoisotopic (exact) mass is 280 g/mol. The highest BCUT2D eigenvalue weighted by Crippen LogP contribution is 2.13. The normalized spacial score (nSPS) is 10.0. The van der Waals surface area contributed by atoms with Crippen molar-refractivity contribution in [3.8, 4) is 0 Å². The topological polar surface area (TPSA) is 82.2 Å². The van der Waals surface area contributed by atoms with Crippen molar-refractivity contribution in [1.29, 1.82) is 0 Å². The van der Waals surface area contributed by atoms with Gasteiger partial charge in [-0.05, 0) is 30.4 Å². The predicted octanol–water partition coefficient (Wildman–Crippen LogP) is 2.76. The number of carboxylic acid groups (broad SMARTS) is 1. The van der Waals surface area contributed by atoms with Crippen LogP contribution in [0.2, 0.25) is 0 Å². The number of benzene rings is 1. The lowest BCUT2D eigenvalue weighted by molar-refractivity contribution is 0.0696. The van der Waals surface area contributed by atoms with Crippen molar-refractivity contribution in [3.63, 3.8) is 0 Å². The lowest BCUT2D eigenvalue weighted by atomic mass is 10.2. The van der Waals surface area contributed by atoms with Gasteiger partial charge >= 0.3 is 5.97 Å². The fourth-order valence-electron chi connectivity index (χ4n) is 1.32. The number of thiazole rings is 1. The largest absolute Gasteiger partial charge is 0.478 e. The summed E-state index contributed by atoms with van der Waals surface area (Å²) in [5, 5.41) is 13.0. The average Bonchev–Trinajstić information content (AvgIpc) is 2.76. The zero-order chi connectivity index (χ0) is 13.1. The first-order valence-electron chi connectivity index (χ1n) is 4.89. The van der Waals surface area contributed by atoms with Crippen molar-refractivity contribution >= 4 is 41.1 Å². The maximum Gasteiger partial charge on any atom is 0.335 e. The molecule has 7 heteroatoms. The van der Waals surface area contributed by atoms with E-state index in [2.05, 4.69) is 10.3 Å². The number of hydrogen-bond donors (Lipinski definition) is 3. The second kappa shape index (κ2) is 5.11. The van der Waals surface area contributed by atoms with Gasteiger partial charge in [0.25, 0.3) is 5.91 Å². The number of H-pyrrole nitrogens is 1. The number of carbonyl (C=O) groups is 2. The Bertz CT molecular complexity index is 660. The summed E-state index contributed by atoms with van der Waals surface area (Å²) < 4.78 is 0.513. The molecular formula is C11H8N2O3S2. The molecule has 3 N–H and O–H groups in total. The molecule has 2 aromatic rings. The van der Waals surface area contributed by atoms with Gasteiger partial charge in [-0.25, -0.2) is 4.79 Å². The maximum atomic E-state index is 11.8. The van der Waals surface area contributed by atoms with Gasteiger partial charge in [-0.2, -0.15) is 0 Å². The minimum atomic E-state index is -1.04. The van der Waals surface area contributed by atoms with Crippen LogP contribution in [0.5, 0.6) is 0 Å². The van der Waals surface area contributed by atoms with E-state index in [4.69, 9.17) is 17.3 Å². The van der Waals surface area contributed by atoms with Crippen LogP contribution in [0.15, 0.2) is 29.6 Å². The minimum absolute atomic E-state index is 0.117. The van der Waals surface area contributed by atoms with Crippen LogP contribution in [0.1, 0.15) is 20.8 Å². The molecular weight excluding hydrogens is 272 g/mol. The third-order valence-corrected chi connectivity index (χ3v) is 3.19. The molecule has 1 heterocycles. The molecule has 0 aliphatic carbocycles. The Kier molecular flexibility index (Phi) is 3.54. The summed E-state index contributed by atoms with van der Waals surface area (Å²) in [6.07, 6.45) is 0. The summed E-state index contributed by atoms with van der Waals surface area (Å²) in [6, 6.07) is 6.03. The van der Waals surface area contributed by atoms with Crippen LogP contribution in [0.4, 0.5) is 5.69 Å². The lowest BCUT2D eigenvalue weighted by Crippen LogP contribution is -2.12. The molecule has 0 spiro atoms. The van der Waals surface area contributed by atoms with Gasteiger partial charge in [0.05, 0.1) is 5.56 Å². The van der Waals surface area contributed by atoms with E-state index < -0.39 is 5.97 Å². The second-order valence-corrected chi connectivity index (χ2v) is 4.95. The Morgan fingerprint density at radius 3 is 2.78 bits per heavy atom. The number of anilines is 1. The molecule has 0 saturated carbocycles. The first-order valence-corrected chi connectivity index (χ1v) is 6.17. The molecule has 0 fully saturated rings. The number of carbonyl (C=O) groups excluding carboxylic acids is 1. The van der Waals surface area contributed by atoms with E-state index in [0.717, 1.165) is 0 Å². The molecule has 0 atom stereocenters. The van der Waals surface area contributed by atoms with Crippen LogP contribution in [0, 0.1) is 3.95 Å². The summed E-state index contributed by atoms with van der Waals surface area (Å²) >= 11 is 6.13. The Morgan fingerprint density at radius 1 is 1.39 bits per heavy atom. The lowest BCUT2D eigenvalue weighted by Gasteiger charge is -2.04. The maximum absolute atomic E-state index is 11.8. The summed E-state index contributed by atoms with van der Waals surface area (Å²) in [5.74, 6) is -1.40. The van der Waals surface area contributed by atoms with Crippen LogP contribution in [-0.4, -0.2) is 22.0 Å². The van der Waals surface area contributed by atoms with Crippen molar-refractivity contribution in [2.45, 2.75) is 0 Å². The smallest absolute Gasteiger partial charge is 0.335 e. The van der Waals surface area contributed by atoms with E-state index in [1.165, 1.54) is 23.5 Å². The molecule has 1 aromatic carbocycles. The first-order chi connectivity index (χ1) is 8.56. The third kappa shape index (κ3) is 2.82. The fourth-order valence-corrected chi connectivity index (χ4v) is 2.13. The molecule has 0 aliphatic rings. The molecule has 0 radical (unpaired) electrons. The molecule has 1 aromatic heterocycles. The number of nitrogens with one attached hydrogen (secondary N) is 2. The van der Waals surface area contributed by atoms with Gasteiger partial charge < -0.3 is 15.4 Å². The van der Waals surface area contributed by atoms with Gasteiger partial charge in [0.1, 0.15) is 5.69 Å². The highest BCUT2D eigenvalue weighted by Gasteiger charge is 2.09. The molecule has 2 rings (SSSR count). The molecule has 0 bridgehead atoms. The highest BCUT2D eigenvalue weighted by atomic mass is 32.1. The van der Waals surface area contributed by atoms with Crippen molar-refractivity contribution in [2.75, 3.05) is 5.32 Å². The Morgan fingerprint density at radius 2 is 2.17 bits per heavy atom. The summed E-state index contributed by atoms with van der Waals surface area (Å²) in [5.41, 5.74) is 0.891. The van der Waals surface area contributed by atoms with Crippen molar-refractivity contribution in [1.82, 2.24) is 4.98 Å². The molecule has 0 unspecified atom stereocenters. The zero-order valence-corrected chi connectivity index (χ0v) is 10.6. The van der Waals surface area contributed by atoms with Crippen LogP contribution in [0.25, 0.3) is 0 Å². The van der Waals surface area contributed by atoms with Gasteiger partial charge in [0, 0.05) is 11.1 Å². The number of aromatic carboxylic acids is 1. The number of amides is 1. The Hall–Kier alpha value is -1.99. The third-order valence-electron chi connectivity index (χ3n) is 2.13. The molecule has 0 aliphatic heterocycles. The van der Waals surface area contributed by atoms with Crippen LogP contribution >= 0.6 is 23.6 Å². The zero-order valence-electron chi connectivity index (χ0n) is 8.97. The van der Waals surface area contributed by atoms with Gasteiger partial charge in [-0.15, -0.1) is 11.3 Å². The van der Waals surface area contributed by atoms with E-state index in [9.17, 15) is 9.59 Å². The van der Waals surface area contributed by atoms with E-state index in [-0.39, 0.29) is 11.5 Å². The molecule has 92 valence electrons. The van der Waals surface area contributed by atoms with E-state index in [1.807, 2.05) is 0 Å². The van der Waals surface area contributed by atoms with Gasteiger partial charge in [0.15, 0.2) is 3.95 Å². The minimum Gasteiger partial charge on any atom is -0.478 e. The van der Waals surface area contributed by atoms with Crippen molar-refractivity contribution < 1.29 is 14.7 Å². The number of aromatic nitrogens is 1. The van der Waals surface area contributed by atoms with Crippen LogP contribution < -0.4 is 5.32 Å². The quantitative estimate of drug-likeness (QED) is 0.755. The Balaban J connectivity index is 2.19. The average molecular weight is 280 g/mol. The number of aromatic amines is 1. The molecule has 1 amide bonds. The fraction of sp³-hybridized carbons (Fsp3) is 0. The first kappa shape index (κ1) is 12.5. The standard InChI is InChI=1S/C11H8N2O3S2/c14-9(8-5-18-11(17)13-8)12-7-3-1-2-6(4-7)10(15)16/h1-5H,(H,12,14)(H,13,17)(H,15,16). The van der Waals surface area contributed by atoms with Crippen LogP contribution in [-0.2, 0) is 0 Å². The number of hydrogen-bond acceptors (Lipinski definition) is 4. The highest BCUT2D eigenvalue weighted by molar-refractivity contribution is 7.73. The van der Waals surface area contributed by atoms with Gasteiger partial charge in [0.2, 0.25) is 0 Å². The van der Waals surface area contributed by atoms with Crippen LogP contribution in [0.3, 0.4) is 0 Å². The predicted molar refractivity (Wildman–Crippen MR) is 70.9 cm³/mol. The van der Waals surface area contributed by atoms with E-state index >= 15 is 0 Å². The van der Waals surface area contributed by atoms with Gasteiger partial charge in [-0.1, -0.05) is 6.07 Å². The molecule has 0 saturated heterocycles. The molecule has 18 heavy (non-hydrogen) atoms. The van der Waals surface area contributed by atoms with Crippen molar-refractivity contribution in [3.05, 3.63) is 44.9 Å². The Labute approximate surface area is 111 Å². The SMILES string of the molecule is O=C(O)c1cccc(NC(=O)c2csc(=S)[nH]2)c1.